The minimum absolute atomic E-state index is 0.378. The molecule has 4 heteroatoms. The van der Waals surface area contributed by atoms with E-state index < -0.39 is 0 Å². The Morgan fingerprint density at radius 2 is 2.15 bits per heavy atom. The Hall–Kier alpha value is -1.39. The molecule has 1 heterocycles. The number of benzene rings is 1. The summed E-state index contributed by atoms with van der Waals surface area (Å²) in [7, 11) is 0. The second kappa shape index (κ2) is 6.86. The maximum atomic E-state index is 11.8. The summed E-state index contributed by atoms with van der Waals surface area (Å²) in [6.45, 7) is 4.24. The Balaban J connectivity index is 2.04. The zero-order valence-electron chi connectivity index (χ0n) is 11.3. The molecule has 0 N–H and O–H groups in total. The van der Waals surface area contributed by atoms with Gasteiger partial charge in [-0.25, -0.2) is 4.79 Å². The first-order valence-electron chi connectivity index (χ1n) is 6.29. The SMILES string of the molecule is CC(C)c1ccc(OC(=O)/C=C/c2cccs2)c(Br)c1. The molecule has 2 nitrogen and oxygen atoms in total. The summed E-state index contributed by atoms with van der Waals surface area (Å²) >= 11 is 5.01. The molecule has 1 aromatic carbocycles. The lowest BCUT2D eigenvalue weighted by atomic mass is 10.0. The first-order valence-corrected chi connectivity index (χ1v) is 7.96. The lowest BCUT2D eigenvalue weighted by Gasteiger charge is -2.09. The van der Waals surface area contributed by atoms with Gasteiger partial charge in [0.15, 0.2) is 0 Å². The van der Waals surface area contributed by atoms with Gasteiger partial charge >= 0.3 is 5.97 Å². The molecule has 0 saturated heterocycles. The van der Waals surface area contributed by atoms with Crippen LogP contribution in [0.1, 0.15) is 30.2 Å². The van der Waals surface area contributed by atoms with Gasteiger partial charge in [0.1, 0.15) is 5.75 Å². The van der Waals surface area contributed by atoms with Crippen molar-refractivity contribution < 1.29 is 9.53 Å². The Morgan fingerprint density at radius 1 is 1.35 bits per heavy atom. The number of hydrogen-bond acceptors (Lipinski definition) is 3. The van der Waals surface area contributed by atoms with Gasteiger partial charge in [-0.1, -0.05) is 26.0 Å². The van der Waals surface area contributed by atoms with Crippen LogP contribution in [0, 0.1) is 0 Å². The molecule has 0 spiro atoms. The van der Waals surface area contributed by atoms with Crippen molar-refractivity contribution in [2.45, 2.75) is 19.8 Å². The van der Waals surface area contributed by atoms with E-state index in [2.05, 4.69) is 29.8 Å². The van der Waals surface area contributed by atoms with Gasteiger partial charge in [-0.05, 0) is 57.1 Å². The largest absolute Gasteiger partial charge is 0.422 e. The fraction of sp³-hybridized carbons (Fsp3) is 0.188. The highest BCUT2D eigenvalue weighted by Gasteiger charge is 2.08. The molecule has 0 saturated carbocycles. The monoisotopic (exact) mass is 350 g/mol. The zero-order chi connectivity index (χ0) is 14.5. The number of halogens is 1. The van der Waals surface area contributed by atoms with Crippen LogP contribution in [-0.2, 0) is 4.79 Å². The summed E-state index contributed by atoms with van der Waals surface area (Å²) in [5.74, 6) is 0.599. The van der Waals surface area contributed by atoms with Crippen molar-refractivity contribution in [3.63, 3.8) is 0 Å². The second-order valence-corrected chi connectivity index (χ2v) is 6.45. The van der Waals surface area contributed by atoms with Crippen LogP contribution < -0.4 is 4.74 Å². The number of rotatable bonds is 4. The van der Waals surface area contributed by atoms with E-state index in [0.717, 1.165) is 9.35 Å². The number of carbonyl (C=O) groups is 1. The predicted molar refractivity (Wildman–Crippen MR) is 87.2 cm³/mol. The third-order valence-corrected chi connectivity index (χ3v) is 4.22. The molecule has 0 unspecified atom stereocenters. The molecule has 20 heavy (non-hydrogen) atoms. The standard InChI is InChI=1S/C16H15BrO2S/c1-11(2)12-5-7-15(14(17)10-12)19-16(18)8-6-13-4-3-9-20-13/h3-11H,1-2H3/b8-6+. The van der Waals surface area contributed by atoms with Crippen molar-refractivity contribution >= 4 is 39.3 Å². The smallest absolute Gasteiger partial charge is 0.336 e. The van der Waals surface area contributed by atoms with E-state index in [4.69, 9.17) is 4.74 Å². The molecular weight excluding hydrogens is 336 g/mol. The first kappa shape index (κ1) is 15.0. The normalized spacial score (nSPS) is 11.2. The first-order chi connectivity index (χ1) is 9.56. The van der Waals surface area contributed by atoms with Crippen LogP contribution in [0.4, 0.5) is 0 Å². The quantitative estimate of drug-likeness (QED) is 0.427. The minimum Gasteiger partial charge on any atom is -0.422 e. The molecular formula is C16H15BrO2S. The highest BCUT2D eigenvalue weighted by Crippen LogP contribution is 2.29. The van der Waals surface area contributed by atoms with Gasteiger partial charge < -0.3 is 4.74 Å². The van der Waals surface area contributed by atoms with E-state index in [9.17, 15) is 4.79 Å². The van der Waals surface area contributed by atoms with Crippen LogP contribution in [0.3, 0.4) is 0 Å². The van der Waals surface area contributed by atoms with Crippen LogP contribution in [-0.4, -0.2) is 5.97 Å². The van der Waals surface area contributed by atoms with Gasteiger partial charge in [0.25, 0.3) is 0 Å². The Kier molecular flexibility index (Phi) is 5.15. The van der Waals surface area contributed by atoms with Crippen molar-refractivity contribution in [1.82, 2.24) is 0 Å². The van der Waals surface area contributed by atoms with Gasteiger partial charge in [0, 0.05) is 11.0 Å². The predicted octanol–water partition coefficient (Wildman–Crippen LogP) is 5.25. The van der Waals surface area contributed by atoms with Crippen LogP contribution in [0.25, 0.3) is 6.08 Å². The van der Waals surface area contributed by atoms with Crippen molar-refractivity contribution in [2.75, 3.05) is 0 Å². The maximum Gasteiger partial charge on any atom is 0.336 e. The van der Waals surface area contributed by atoms with Crippen molar-refractivity contribution in [3.05, 3.63) is 56.7 Å². The number of hydrogen-bond donors (Lipinski definition) is 0. The summed E-state index contributed by atoms with van der Waals surface area (Å²) in [5.41, 5.74) is 1.20. The molecule has 0 fully saturated rings. The molecule has 2 rings (SSSR count). The topological polar surface area (TPSA) is 26.3 Å². The Labute approximate surface area is 131 Å². The summed E-state index contributed by atoms with van der Waals surface area (Å²) in [6, 6.07) is 9.66. The fourth-order valence-electron chi connectivity index (χ4n) is 1.64. The molecule has 1 aromatic heterocycles. The summed E-state index contributed by atoms with van der Waals surface area (Å²) < 4.78 is 6.10. The summed E-state index contributed by atoms with van der Waals surface area (Å²) in [5, 5.41) is 1.96. The maximum absolute atomic E-state index is 11.8. The summed E-state index contributed by atoms with van der Waals surface area (Å²) in [6.07, 6.45) is 3.19. The van der Waals surface area contributed by atoms with E-state index >= 15 is 0 Å². The lowest BCUT2D eigenvalue weighted by molar-refractivity contribution is -0.128. The van der Waals surface area contributed by atoms with E-state index in [-0.39, 0.29) is 5.97 Å². The molecule has 0 aliphatic rings. The van der Waals surface area contributed by atoms with Crippen molar-refractivity contribution in [2.24, 2.45) is 0 Å². The Bertz CT molecular complexity index is 615. The number of carbonyl (C=O) groups excluding carboxylic acids is 1. The van der Waals surface area contributed by atoms with E-state index in [1.807, 2.05) is 35.7 Å². The van der Waals surface area contributed by atoms with Gasteiger partial charge in [-0.3, -0.25) is 0 Å². The molecule has 0 bridgehead atoms. The third-order valence-electron chi connectivity index (χ3n) is 2.76. The van der Waals surface area contributed by atoms with E-state index in [0.29, 0.717) is 11.7 Å². The lowest BCUT2D eigenvalue weighted by Crippen LogP contribution is -2.04. The summed E-state index contributed by atoms with van der Waals surface area (Å²) in [4.78, 5) is 12.8. The van der Waals surface area contributed by atoms with Gasteiger partial charge in [-0.15, -0.1) is 11.3 Å². The van der Waals surface area contributed by atoms with Crippen LogP contribution in [0.5, 0.6) is 5.75 Å². The van der Waals surface area contributed by atoms with Gasteiger partial charge in [-0.2, -0.15) is 0 Å². The third kappa shape index (κ3) is 4.05. The molecule has 2 aromatic rings. The fourth-order valence-corrected chi connectivity index (χ4v) is 2.73. The van der Waals surface area contributed by atoms with Crippen molar-refractivity contribution in [1.29, 1.82) is 0 Å². The zero-order valence-corrected chi connectivity index (χ0v) is 13.7. The molecule has 0 aliphatic heterocycles. The van der Waals surface area contributed by atoms with Gasteiger partial charge in [0.2, 0.25) is 0 Å². The Morgan fingerprint density at radius 3 is 2.75 bits per heavy atom. The van der Waals surface area contributed by atoms with Crippen molar-refractivity contribution in [3.8, 4) is 5.75 Å². The van der Waals surface area contributed by atoms with Crippen LogP contribution >= 0.6 is 27.3 Å². The minimum atomic E-state index is -0.378. The number of thiophene rings is 1. The highest BCUT2D eigenvalue weighted by molar-refractivity contribution is 9.10. The molecule has 0 aliphatic carbocycles. The van der Waals surface area contributed by atoms with E-state index in [1.54, 1.807) is 17.4 Å². The van der Waals surface area contributed by atoms with Crippen LogP contribution in [0.15, 0.2) is 46.3 Å². The number of esters is 1. The molecule has 104 valence electrons. The van der Waals surface area contributed by atoms with Gasteiger partial charge in [0.05, 0.1) is 4.47 Å². The molecule has 0 atom stereocenters. The second-order valence-electron chi connectivity index (χ2n) is 4.61. The molecule has 0 radical (unpaired) electrons. The van der Waals surface area contributed by atoms with E-state index in [1.165, 1.54) is 11.6 Å². The molecule has 0 amide bonds. The van der Waals surface area contributed by atoms with Crippen LogP contribution in [0.2, 0.25) is 0 Å². The average Bonchev–Trinajstić information content (AvgIpc) is 2.91. The number of ether oxygens (including phenoxy) is 1. The average molecular weight is 351 g/mol. The highest BCUT2D eigenvalue weighted by atomic mass is 79.9.